The number of nitrogens with one attached hydrogen (secondary N) is 1. The van der Waals surface area contributed by atoms with E-state index in [1.165, 1.54) is 17.0 Å². The number of aromatic nitrogens is 1. The molecule has 0 saturated carbocycles. The fraction of sp³-hybridized carbons (Fsp3) is 0.379. The molecule has 5 rings (SSSR count). The average molecular weight is 503 g/mol. The van der Waals surface area contributed by atoms with E-state index in [9.17, 15) is 18.8 Å². The molecule has 37 heavy (non-hydrogen) atoms. The lowest BCUT2D eigenvalue weighted by Crippen LogP contribution is -2.48. The highest BCUT2D eigenvalue weighted by atomic mass is 19.1. The van der Waals surface area contributed by atoms with E-state index in [-0.39, 0.29) is 29.7 Å². The van der Waals surface area contributed by atoms with Gasteiger partial charge in [0.15, 0.2) is 0 Å². The second-order valence-electron chi connectivity index (χ2n) is 11.3. The Bertz CT molecular complexity index is 1450. The van der Waals surface area contributed by atoms with E-state index in [4.69, 9.17) is 0 Å². The maximum absolute atomic E-state index is 14.0. The first-order chi connectivity index (χ1) is 17.4. The number of halogens is 1. The average Bonchev–Trinajstić information content (AvgIpc) is 3.31. The minimum atomic E-state index is -0.893. The Labute approximate surface area is 215 Å². The van der Waals surface area contributed by atoms with E-state index < -0.39 is 11.0 Å². The third-order valence-corrected chi connectivity index (χ3v) is 7.67. The second-order valence-corrected chi connectivity index (χ2v) is 11.3. The summed E-state index contributed by atoms with van der Waals surface area (Å²) in [6.07, 6.45) is 2.66. The Morgan fingerprint density at radius 3 is 2.49 bits per heavy atom. The fourth-order valence-electron chi connectivity index (χ4n) is 5.42. The van der Waals surface area contributed by atoms with Crippen molar-refractivity contribution in [3.63, 3.8) is 0 Å². The van der Waals surface area contributed by atoms with Crippen LogP contribution in [0.2, 0.25) is 0 Å². The van der Waals surface area contributed by atoms with Crippen LogP contribution in [0.25, 0.3) is 10.9 Å². The lowest BCUT2D eigenvalue weighted by molar-refractivity contribution is -0.142. The minimum absolute atomic E-state index is 0.0415. The number of amides is 4. The van der Waals surface area contributed by atoms with E-state index in [0.717, 1.165) is 33.2 Å². The number of hydrogen-bond acceptors (Lipinski definition) is 4. The summed E-state index contributed by atoms with van der Waals surface area (Å²) >= 11 is 0. The molecular formula is C29H31FN4O3. The van der Waals surface area contributed by atoms with Gasteiger partial charge < -0.3 is 9.80 Å². The molecule has 1 unspecified atom stereocenters. The molecule has 7 nitrogen and oxygen atoms in total. The highest BCUT2D eigenvalue weighted by Crippen LogP contribution is 2.39. The van der Waals surface area contributed by atoms with Gasteiger partial charge in [-0.25, -0.2) is 9.18 Å². The maximum Gasteiger partial charge on any atom is 0.324 e. The van der Waals surface area contributed by atoms with Crippen LogP contribution in [0.3, 0.4) is 0 Å². The molecule has 1 saturated heterocycles. The molecular weight excluding hydrogens is 471 g/mol. The van der Waals surface area contributed by atoms with Crippen LogP contribution in [0.15, 0.2) is 48.7 Å². The van der Waals surface area contributed by atoms with Crippen molar-refractivity contribution in [2.24, 2.45) is 5.41 Å². The normalized spacial score (nSPS) is 19.9. The molecule has 1 aliphatic heterocycles. The van der Waals surface area contributed by atoms with Gasteiger partial charge in [0.1, 0.15) is 11.4 Å². The lowest BCUT2D eigenvalue weighted by atomic mass is 9.92. The van der Waals surface area contributed by atoms with E-state index >= 15 is 0 Å². The summed E-state index contributed by atoms with van der Waals surface area (Å²) in [7, 11) is 1.66. The molecule has 192 valence electrons. The van der Waals surface area contributed by atoms with Gasteiger partial charge in [-0.05, 0) is 59.5 Å². The van der Waals surface area contributed by atoms with Gasteiger partial charge in [-0.3, -0.25) is 19.9 Å². The van der Waals surface area contributed by atoms with Crippen molar-refractivity contribution in [1.82, 2.24) is 20.1 Å². The van der Waals surface area contributed by atoms with Gasteiger partial charge in [0, 0.05) is 43.4 Å². The third-order valence-electron chi connectivity index (χ3n) is 7.67. The number of carbonyl (C=O) groups excluding carboxylic acids is 3. The topological polar surface area (TPSA) is 82.6 Å². The van der Waals surface area contributed by atoms with Crippen molar-refractivity contribution in [3.05, 3.63) is 76.7 Å². The van der Waals surface area contributed by atoms with Gasteiger partial charge in [0.2, 0.25) is 5.91 Å². The Kier molecular flexibility index (Phi) is 5.81. The first-order valence-electron chi connectivity index (χ1n) is 12.5. The lowest BCUT2D eigenvalue weighted by Gasteiger charge is -2.35. The quantitative estimate of drug-likeness (QED) is 0.532. The molecule has 1 N–H and O–H groups in total. The number of carbonyl (C=O) groups is 3. The summed E-state index contributed by atoms with van der Waals surface area (Å²) in [4.78, 5) is 46.2. The number of likely N-dealkylation sites (N-methyl/N-ethyl adjacent to an activating group) is 1. The molecule has 1 aliphatic carbocycles. The number of rotatable bonds is 4. The first-order valence-corrected chi connectivity index (χ1v) is 12.5. The number of urea groups is 1. The number of imide groups is 1. The molecule has 1 aromatic heterocycles. The van der Waals surface area contributed by atoms with E-state index in [0.29, 0.717) is 19.4 Å². The number of nitrogens with zero attached hydrogens (tertiary/aromatic N) is 3. The minimum Gasteiger partial charge on any atom is -0.331 e. The summed E-state index contributed by atoms with van der Waals surface area (Å²) < 4.78 is 14.0. The van der Waals surface area contributed by atoms with Crippen LogP contribution in [-0.2, 0) is 29.0 Å². The highest BCUT2D eigenvalue weighted by Gasteiger charge is 2.54. The van der Waals surface area contributed by atoms with Crippen molar-refractivity contribution < 1.29 is 18.8 Å². The van der Waals surface area contributed by atoms with Gasteiger partial charge in [-0.1, -0.05) is 32.9 Å². The zero-order chi connectivity index (χ0) is 26.7. The largest absolute Gasteiger partial charge is 0.331 e. The van der Waals surface area contributed by atoms with Crippen molar-refractivity contribution in [1.29, 1.82) is 0 Å². The van der Waals surface area contributed by atoms with Gasteiger partial charge >= 0.3 is 6.03 Å². The molecule has 2 atom stereocenters. The maximum atomic E-state index is 14.0. The highest BCUT2D eigenvalue weighted by molar-refractivity contribution is 6.08. The number of hydrogen-bond donors (Lipinski definition) is 1. The van der Waals surface area contributed by atoms with Crippen molar-refractivity contribution in [2.75, 3.05) is 7.05 Å². The van der Waals surface area contributed by atoms with Crippen molar-refractivity contribution >= 4 is 28.7 Å². The number of fused-ring (bicyclic) bond motifs is 2. The molecule has 2 aromatic carbocycles. The predicted octanol–water partition coefficient (Wildman–Crippen LogP) is 4.53. The monoisotopic (exact) mass is 502 g/mol. The molecule has 3 aromatic rings. The Hall–Kier alpha value is -3.81. The van der Waals surface area contributed by atoms with Crippen molar-refractivity contribution in [2.45, 2.75) is 58.7 Å². The number of benzene rings is 2. The van der Waals surface area contributed by atoms with Crippen LogP contribution in [0.4, 0.5) is 9.18 Å². The second kappa shape index (κ2) is 8.64. The zero-order valence-corrected chi connectivity index (χ0v) is 21.8. The van der Waals surface area contributed by atoms with Crippen LogP contribution in [0, 0.1) is 11.2 Å². The predicted molar refractivity (Wildman–Crippen MR) is 138 cm³/mol. The Morgan fingerprint density at radius 1 is 1.16 bits per heavy atom. The number of pyridine rings is 1. The van der Waals surface area contributed by atoms with Crippen LogP contribution in [-0.4, -0.2) is 45.2 Å². The van der Waals surface area contributed by atoms with Crippen molar-refractivity contribution in [3.8, 4) is 0 Å². The summed E-state index contributed by atoms with van der Waals surface area (Å²) in [6.45, 7) is 7.85. The Balaban J connectivity index is 1.47. The smallest absolute Gasteiger partial charge is 0.324 e. The van der Waals surface area contributed by atoms with Gasteiger partial charge in [-0.15, -0.1) is 0 Å². The molecule has 8 heteroatoms. The van der Waals surface area contributed by atoms with E-state index in [1.807, 2.05) is 52.0 Å². The van der Waals surface area contributed by atoms with Crippen LogP contribution < -0.4 is 5.32 Å². The molecule has 4 amide bonds. The summed E-state index contributed by atoms with van der Waals surface area (Å²) in [5.74, 6) is -0.647. The molecule has 0 bridgehead atoms. The van der Waals surface area contributed by atoms with Gasteiger partial charge in [-0.2, -0.15) is 0 Å². The van der Waals surface area contributed by atoms with E-state index in [2.05, 4.69) is 10.3 Å². The van der Waals surface area contributed by atoms with Crippen LogP contribution >= 0.6 is 0 Å². The zero-order valence-electron chi connectivity index (χ0n) is 21.8. The van der Waals surface area contributed by atoms with Crippen LogP contribution in [0.1, 0.15) is 56.0 Å². The summed E-state index contributed by atoms with van der Waals surface area (Å²) in [6, 6.07) is 11.7. The van der Waals surface area contributed by atoms with Crippen LogP contribution in [0.5, 0.6) is 0 Å². The van der Waals surface area contributed by atoms with Gasteiger partial charge in [0.25, 0.3) is 5.91 Å². The fourth-order valence-corrected chi connectivity index (χ4v) is 5.42. The third kappa shape index (κ3) is 4.24. The molecule has 2 heterocycles. The SMILES string of the molecule is C[C@@H](c1cccc(F)c1)N(Cc1cnc2cc3c(cc2c1)CC1(C3)C(=O)NC(=O)N1C)C(=O)C(C)(C)C. The molecule has 2 aliphatic rings. The molecule has 0 radical (unpaired) electrons. The van der Waals surface area contributed by atoms with E-state index in [1.54, 1.807) is 24.2 Å². The Morgan fingerprint density at radius 2 is 1.86 bits per heavy atom. The van der Waals surface area contributed by atoms with Gasteiger partial charge in [0.05, 0.1) is 11.6 Å². The molecule has 1 spiro atoms. The molecule has 1 fully saturated rings. The standard InChI is InChI=1S/C29H31FN4O3/c1-17(19-7-6-8-23(30)11-19)34(26(36)28(2,3)4)16-18-9-20-10-21-13-29(25(35)32-27(37)33(29)5)14-22(21)12-24(20)31-15-18/h6-12,15,17H,13-14,16H2,1-5H3,(H,32,35,37)/t17-,29?/m0/s1. The summed E-state index contributed by atoms with van der Waals surface area (Å²) in [5, 5.41) is 3.33. The first kappa shape index (κ1) is 24.9. The summed E-state index contributed by atoms with van der Waals surface area (Å²) in [5.41, 5.74) is 2.88.